The van der Waals surface area contributed by atoms with E-state index in [1.54, 1.807) is 0 Å². The summed E-state index contributed by atoms with van der Waals surface area (Å²) in [7, 11) is 0. The van der Waals surface area contributed by atoms with Crippen LogP contribution in [0.1, 0.15) is 36.0 Å². The van der Waals surface area contributed by atoms with E-state index in [9.17, 15) is 14.7 Å². The van der Waals surface area contributed by atoms with Gasteiger partial charge in [0, 0.05) is 6.54 Å². The van der Waals surface area contributed by atoms with Crippen LogP contribution in [0.15, 0.2) is 18.2 Å². The van der Waals surface area contributed by atoms with Crippen molar-refractivity contribution in [2.45, 2.75) is 25.7 Å². The zero-order chi connectivity index (χ0) is 14.8. The van der Waals surface area contributed by atoms with Crippen molar-refractivity contribution < 1.29 is 19.8 Å². The first-order chi connectivity index (χ1) is 9.42. The summed E-state index contributed by atoms with van der Waals surface area (Å²) < 4.78 is 0. The van der Waals surface area contributed by atoms with E-state index in [-0.39, 0.29) is 28.2 Å². The molecule has 0 saturated heterocycles. The molecule has 5 nitrogen and oxygen atoms in total. The highest BCUT2D eigenvalue weighted by Gasteiger charge is 2.39. The molecule has 0 unspecified atom stereocenters. The van der Waals surface area contributed by atoms with Gasteiger partial charge in [0.1, 0.15) is 5.75 Å². The van der Waals surface area contributed by atoms with Crippen LogP contribution in [0.25, 0.3) is 0 Å². The molecule has 1 aliphatic carbocycles. The van der Waals surface area contributed by atoms with Crippen LogP contribution in [0.4, 0.5) is 0 Å². The highest BCUT2D eigenvalue weighted by molar-refractivity contribution is 6.33. The number of carbonyl (C=O) groups excluding carboxylic acids is 1. The van der Waals surface area contributed by atoms with E-state index in [4.69, 9.17) is 16.7 Å². The molecule has 1 aliphatic rings. The summed E-state index contributed by atoms with van der Waals surface area (Å²) in [5.74, 6) is -1.29. The Morgan fingerprint density at radius 3 is 2.60 bits per heavy atom. The van der Waals surface area contributed by atoms with Crippen LogP contribution in [0.3, 0.4) is 0 Å². The van der Waals surface area contributed by atoms with Gasteiger partial charge in [0.25, 0.3) is 5.91 Å². The summed E-state index contributed by atoms with van der Waals surface area (Å²) in [6, 6.07) is 4.14. The topological polar surface area (TPSA) is 86.6 Å². The molecule has 1 aromatic carbocycles. The molecule has 0 radical (unpaired) electrons. The maximum atomic E-state index is 12.0. The van der Waals surface area contributed by atoms with E-state index in [1.165, 1.54) is 18.2 Å². The number of halogens is 1. The number of nitrogens with one attached hydrogen (secondary N) is 1. The van der Waals surface area contributed by atoms with E-state index >= 15 is 0 Å². The Morgan fingerprint density at radius 2 is 2.05 bits per heavy atom. The molecule has 1 aromatic rings. The summed E-state index contributed by atoms with van der Waals surface area (Å²) in [5, 5.41) is 21.3. The number of phenols is 1. The molecule has 0 aliphatic heterocycles. The fourth-order valence-corrected chi connectivity index (χ4v) is 2.67. The summed E-state index contributed by atoms with van der Waals surface area (Å²) in [5.41, 5.74) is -0.151. The van der Waals surface area contributed by atoms with Crippen molar-refractivity contribution in [1.29, 1.82) is 0 Å². The van der Waals surface area contributed by atoms with Gasteiger partial charge in [-0.3, -0.25) is 9.59 Å². The van der Waals surface area contributed by atoms with E-state index in [0.29, 0.717) is 6.54 Å². The quantitative estimate of drug-likeness (QED) is 0.779. The monoisotopic (exact) mass is 297 g/mol. The molecule has 108 valence electrons. The van der Waals surface area contributed by atoms with Crippen molar-refractivity contribution in [3.05, 3.63) is 28.8 Å². The molecule has 1 saturated carbocycles. The number of hydrogen-bond acceptors (Lipinski definition) is 3. The van der Waals surface area contributed by atoms with Gasteiger partial charge in [-0.05, 0) is 36.5 Å². The number of aromatic hydroxyl groups is 1. The maximum absolute atomic E-state index is 12.0. The lowest BCUT2D eigenvalue weighted by molar-refractivity contribution is -0.141. The maximum Gasteiger partial charge on any atom is 0.303 e. The molecule has 0 heterocycles. The highest BCUT2D eigenvalue weighted by Crippen LogP contribution is 2.43. The summed E-state index contributed by atoms with van der Waals surface area (Å²) in [6.07, 6.45) is 2.64. The molecule has 0 atom stereocenters. The first-order valence-corrected chi connectivity index (χ1v) is 6.78. The molecule has 0 bridgehead atoms. The molecule has 3 N–H and O–H groups in total. The number of amides is 1. The number of benzene rings is 1. The number of carboxylic acids is 1. The molecule has 0 aromatic heterocycles. The minimum Gasteiger partial charge on any atom is -0.508 e. The van der Waals surface area contributed by atoms with Gasteiger partial charge in [-0.2, -0.15) is 0 Å². The number of carbonyl (C=O) groups is 2. The molecule has 1 fully saturated rings. The SMILES string of the molecule is O=C(O)CC1(CNC(=O)c2cc(O)ccc2Cl)CCC1. The minimum atomic E-state index is -0.852. The molecular weight excluding hydrogens is 282 g/mol. The van der Waals surface area contributed by atoms with E-state index in [0.717, 1.165) is 19.3 Å². The number of rotatable bonds is 5. The highest BCUT2D eigenvalue weighted by atomic mass is 35.5. The Morgan fingerprint density at radius 1 is 1.35 bits per heavy atom. The van der Waals surface area contributed by atoms with Crippen LogP contribution < -0.4 is 5.32 Å². The van der Waals surface area contributed by atoms with Crippen molar-refractivity contribution in [3.63, 3.8) is 0 Å². The molecule has 6 heteroatoms. The lowest BCUT2D eigenvalue weighted by Gasteiger charge is -2.40. The first-order valence-electron chi connectivity index (χ1n) is 6.40. The number of hydrogen-bond donors (Lipinski definition) is 3. The Kier molecular flexibility index (Phi) is 4.18. The van der Waals surface area contributed by atoms with Gasteiger partial charge in [-0.15, -0.1) is 0 Å². The Balaban J connectivity index is 2.01. The number of aliphatic carboxylic acids is 1. The normalized spacial score (nSPS) is 16.2. The predicted octanol–water partition coefficient (Wildman–Crippen LogP) is 2.42. The molecule has 20 heavy (non-hydrogen) atoms. The van der Waals surface area contributed by atoms with Crippen molar-refractivity contribution >= 4 is 23.5 Å². The van der Waals surface area contributed by atoms with Gasteiger partial charge in [-0.25, -0.2) is 0 Å². The van der Waals surface area contributed by atoms with Gasteiger partial charge in [0.15, 0.2) is 0 Å². The molecule has 0 spiro atoms. The van der Waals surface area contributed by atoms with Gasteiger partial charge in [0.05, 0.1) is 17.0 Å². The lowest BCUT2D eigenvalue weighted by Crippen LogP contribution is -2.43. The fourth-order valence-electron chi connectivity index (χ4n) is 2.46. The average Bonchev–Trinajstić information content (AvgIpc) is 2.34. The minimum absolute atomic E-state index is 0.0385. The second kappa shape index (κ2) is 5.71. The van der Waals surface area contributed by atoms with Crippen LogP contribution in [-0.4, -0.2) is 28.6 Å². The first kappa shape index (κ1) is 14.7. The molecule has 1 amide bonds. The second-order valence-corrected chi connectivity index (χ2v) is 5.68. The average molecular weight is 298 g/mol. The Bertz CT molecular complexity index is 540. The van der Waals surface area contributed by atoms with Gasteiger partial charge in [-0.1, -0.05) is 18.0 Å². The third kappa shape index (κ3) is 3.22. The predicted molar refractivity (Wildman–Crippen MR) is 74.0 cm³/mol. The van der Waals surface area contributed by atoms with Crippen molar-refractivity contribution in [3.8, 4) is 5.75 Å². The summed E-state index contributed by atoms with van der Waals surface area (Å²) >= 11 is 5.91. The van der Waals surface area contributed by atoms with Crippen LogP contribution in [0, 0.1) is 5.41 Å². The zero-order valence-electron chi connectivity index (χ0n) is 10.9. The number of carboxylic acid groups (broad SMARTS) is 1. The summed E-state index contributed by atoms with van der Waals surface area (Å²) in [6.45, 7) is 0.310. The summed E-state index contributed by atoms with van der Waals surface area (Å²) in [4.78, 5) is 22.9. The second-order valence-electron chi connectivity index (χ2n) is 5.27. The van der Waals surface area contributed by atoms with Crippen LogP contribution in [-0.2, 0) is 4.79 Å². The third-order valence-electron chi connectivity index (χ3n) is 3.76. The Hall–Kier alpha value is -1.75. The standard InChI is InChI=1S/C14H16ClNO4/c15-11-3-2-9(17)6-10(11)13(20)16-8-14(4-1-5-14)7-12(18)19/h2-3,6,17H,1,4-5,7-8H2,(H,16,20)(H,18,19). The van der Waals surface area contributed by atoms with Crippen molar-refractivity contribution in [1.82, 2.24) is 5.32 Å². The van der Waals surface area contributed by atoms with E-state index in [2.05, 4.69) is 5.32 Å². The van der Waals surface area contributed by atoms with Crippen LogP contribution in [0.5, 0.6) is 5.75 Å². The van der Waals surface area contributed by atoms with Gasteiger partial charge in [0.2, 0.25) is 0 Å². The van der Waals surface area contributed by atoms with Crippen molar-refractivity contribution in [2.75, 3.05) is 6.54 Å². The van der Waals surface area contributed by atoms with E-state index in [1.807, 2.05) is 0 Å². The van der Waals surface area contributed by atoms with Crippen molar-refractivity contribution in [2.24, 2.45) is 5.41 Å². The zero-order valence-corrected chi connectivity index (χ0v) is 11.6. The smallest absolute Gasteiger partial charge is 0.303 e. The van der Waals surface area contributed by atoms with Gasteiger partial charge >= 0.3 is 5.97 Å². The molecule has 2 rings (SSSR count). The lowest BCUT2D eigenvalue weighted by atomic mass is 9.66. The molecular formula is C14H16ClNO4. The Labute approximate surface area is 121 Å². The van der Waals surface area contributed by atoms with Crippen LogP contribution >= 0.6 is 11.6 Å². The number of phenolic OH excluding ortho intramolecular Hbond substituents is 1. The fraction of sp³-hybridized carbons (Fsp3) is 0.429. The van der Waals surface area contributed by atoms with Gasteiger partial charge < -0.3 is 15.5 Å². The largest absolute Gasteiger partial charge is 0.508 e. The van der Waals surface area contributed by atoms with Crippen LogP contribution in [0.2, 0.25) is 5.02 Å². The third-order valence-corrected chi connectivity index (χ3v) is 4.09. The van der Waals surface area contributed by atoms with E-state index < -0.39 is 11.9 Å².